The molecule has 0 bridgehead atoms. The molecule has 0 saturated heterocycles. The van der Waals surface area contributed by atoms with Gasteiger partial charge in [-0.25, -0.2) is 13.4 Å². The number of aromatic nitrogens is 1. The summed E-state index contributed by atoms with van der Waals surface area (Å²) in [7, 11) is -2.34. The van der Waals surface area contributed by atoms with Crippen LogP contribution in [-0.4, -0.2) is 49.5 Å². The molecule has 3 rings (SSSR count). The van der Waals surface area contributed by atoms with Gasteiger partial charge in [-0.15, -0.1) is 0 Å². The fourth-order valence-corrected chi connectivity index (χ4v) is 5.31. The molecule has 35 heavy (non-hydrogen) atoms. The maximum atomic E-state index is 12.9. The lowest BCUT2D eigenvalue weighted by Crippen LogP contribution is -2.40. The molecule has 0 spiro atoms. The van der Waals surface area contributed by atoms with Crippen molar-refractivity contribution in [1.82, 2.24) is 15.6 Å². The van der Waals surface area contributed by atoms with E-state index >= 15 is 0 Å². The van der Waals surface area contributed by atoms with Crippen LogP contribution in [0.2, 0.25) is 0 Å². The lowest BCUT2D eigenvalue weighted by Gasteiger charge is -2.29. The van der Waals surface area contributed by atoms with Gasteiger partial charge in [0.05, 0.1) is 24.7 Å². The summed E-state index contributed by atoms with van der Waals surface area (Å²) in [6.45, 7) is 4.93. The van der Waals surface area contributed by atoms with E-state index in [1.807, 2.05) is 0 Å². The zero-order valence-corrected chi connectivity index (χ0v) is 21.3. The van der Waals surface area contributed by atoms with Crippen LogP contribution in [0.1, 0.15) is 51.5 Å². The summed E-state index contributed by atoms with van der Waals surface area (Å²) < 4.78 is 36.8. The third kappa shape index (κ3) is 7.99. The van der Waals surface area contributed by atoms with Gasteiger partial charge in [0.25, 0.3) is 0 Å². The van der Waals surface area contributed by atoms with E-state index in [9.17, 15) is 18.4 Å². The Hall–Kier alpha value is -2.53. The summed E-state index contributed by atoms with van der Waals surface area (Å²) >= 11 is 0. The Morgan fingerprint density at radius 2 is 1.86 bits per heavy atom. The molecule has 9 nitrogen and oxygen atoms in total. The molecule has 1 saturated carbocycles. The van der Waals surface area contributed by atoms with Crippen molar-refractivity contribution in [2.24, 2.45) is 11.8 Å². The number of amides is 1. The first kappa shape index (κ1) is 27.1. The summed E-state index contributed by atoms with van der Waals surface area (Å²) in [5.74, 6) is 1.03. The van der Waals surface area contributed by atoms with Crippen LogP contribution in [0.5, 0.6) is 5.75 Å². The Balaban J connectivity index is 1.51. The number of nitrogens with one attached hydrogen (secondary N) is 1. The number of hydrogen-bond acceptors (Lipinski definition) is 8. The minimum absolute atomic E-state index is 0.0847. The predicted octanol–water partition coefficient (Wildman–Crippen LogP) is 3.77. The normalized spacial score (nSPS) is 18.6. The summed E-state index contributed by atoms with van der Waals surface area (Å²) in [6, 6.07) is 8.99. The summed E-state index contributed by atoms with van der Waals surface area (Å²) in [4.78, 5) is 16.5. The van der Waals surface area contributed by atoms with Crippen molar-refractivity contribution in [3.8, 4) is 5.75 Å². The highest BCUT2D eigenvalue weighted by molar-refractivity contribution is 7.91. The van der Waals surface area contributed by atoms with E-state index in [1.54, 1.807) is 18.2 Å². The van der Waals surface area contributed by atoms with Crippen LogP contribution in [0.4, 0.5) is 0 Å². The monoisotopic (exact) mass is 505 g/mol. The van der Waals surface area contributed by atoms with Gasteiger partial charge in [-0.2, -0.15) is 0 Å². The summed E-state index contributed by atoms with van der Waals surface area (Å²) in [5.41, 5.74) is 2.95. The Bertz CT molecular complexity index is 1070. The average molecular weight is 506 g/mol. The Labute approximate surface area is 207 Å². The molecule has 0 aliphatic heterocycles. The zero-order valence-electron chi connectivity index (χ0n) is 20.5. The van der Waals surface area contributed by atoms with Crippen molar-refractivity contribution >= 4 is 15.7 Å². The molecule has 10 heteroatoms. The second-order valence-corrected chi connectivity index (χ2v) is 11.2. The highest BCUT2D eigenvalue weighted by Crippen LogP contribution is 2.29. The number of hydrogen-bond donors (Lipinski definition) is 2. The molecule has 2 N–H and O–H groups in total. The second kappa shape index (κ2) is 12.4. The molecule has 0 unspecified atom stereocenters. The maximum absolute atomic E-state index is 12.9. The SMILES string of the molecule is COc1ccc(S(=O)(=O)c2cc(CN(O)NC(=O)CC3CCC(OCC(C)C)CC3)ccn2)cc1. The van der Waals surface area contributed by atoms with Gasteiger partial charge in [0.1, 0.15) is 5.75 Å². The molecule has 1 heterocycles. The highest BCUT2D eigenvalue weighted by atomic mass is 32.2. The van der Waals surface area contributed by atoms with Crippen molar-refractivity contribution in [1.29, 1.82) is 0 Å². The van der Waals surface area contributed by atoms with Crippen LogP contribution in [0.15, 0.2) is 52.5 Å². The van der Waals surface area contributed by atoms with Crippen LogP contribution in [0.3, 0.4) is 0 Å². The molecule has 1 aliphatic rings. The molecule has 192 valence electrons. The first-order valence-corrected chi connectivity index (χ1v) is 13.4. The van der Waals surface area contributed by atoms with Gasteiger partial charge in [0.15, 0.2) is 5.03 Å². The lowest BCUT2D eigenvalue weighted by atomic mass is 9.85. The smallest absolute Gasteiger partial charge is 0.236 e. The maximum Gasteiger partial charge on any atom is 0.236 e. The summed E-state index contributed by atoms with van der Waals surface area (Å²) in [6.07, 6.45) is 5.66. The standard InChI is InChI=1S/C25H35N3O6S/c1-18(2)17-34-22-6-4-19(5-7-22)14-24(29)27-28(30)16-20-12-13-26-25(15-20)35(31,32)23-10-8-21(33-3)9-11-23/h8-13,15,18-19,22,30H,4-7,14,16-17H2,1-3H3,(H,27,29). The van der Waals surface area contributed by atoms with Crippen molar-refractivity contribution in [3.05, 3.63) is 48.2 Å². The van der Waals surface area contributed by atoms with Crippen LogP contribution >= 0.6 is 0 Å². The van der Waals surface area contributed by atoms with E-state index in [0.717, 1.165) is 32.3 Å². The number of carbonyl (C=O) groups is 1. The molecule has 0 radical (unpaired) electrons. The number of nitrogens with zero attached hydrogens (tertiary/aromatic N) is 2. The number of sulfone groups is 1. The van der Waals surface area contributed by atoms with E-state index in [1.165, 1.54) is 31.5 Å². The number of hydrazine groups is 1. The van der Waals surface area contributed by atoms with Gasteiger partial charge in [-0.3, -0.25) is 15.4 Å². The molecule has 1 aromatic heterocycles. The second-order valence-electron chi connectivity index (χ2n) is 9.35. The zero-order chi connectivity index (χ0) is 25.4. The molecule has 2 aromatic rings. The van der Waals surface area contributed by atoms with Crippen molar-refractivity contribution in [2.75, 3.05) is 13.7 Å². The number of rotatable bonds is 11. The lowest BCUT2D eigenvalue weighted by molar-refractivity contribution is -0.166. The van der Waals surface area contributed by atoms with Gasteiger partial charge in [-0.1, -0.05) is 19.0 Å². The van der Waals surface area contributed by atoms with E-state index in [2.05, 4.69) is 24.3 Å². The number of pyridine rings is 1. The topological polar surface area (TPSA) is 118 Å². The first-order valence-electron chi connectivity index (χ1n) is 11.9. The Morgan fingerprint density at radius 1 is 1.17 bits per heavy atom. The average Bonchev–Trinajstić information content (AvgIpc) is 2.83. The van der Waals surface area contributed by atoms with Gasteiger partial charge in [0.2, 0.25) is 15.7 Å². The van der Waals surface area contributed by atoms with Gasteiger partial charge >= 0.3 is 0 Å². The summed E-state index contributed by atoms with van der Waals surface area (Å²) in [5, 5.41) is 10.8. The van der Waals surface area contributed by atoms with Crippen LogP contribution in [0.25, 0.3) is 0 Å². The number of methoxy groups -OCH3 is 1. The van der Waals surface area contributed by atoms with Crippen LogP contribution in [-0.2, 0) is 25.9 Å². The number of ether oxygens (including phenoxy) is 2. The van der Waals surface area contributed by atoms with Gasteiger partial charge in [0, 0.05) is 19.2 Å². The third-order valence-corrected chi connectivity index (χ3v) is 7.63. The van der Waals surface area contributed by atoms with Crippen molar-refractivity contribution in [3.63, 3.8) is 0 Å². The molecule has 1 aliphatic carbocycles. The fourth-order valence-electron chi connectivity index (χ4n) is 4.07. The third-order valence-electron chi connectivity index (χ3n) is 5.96. The molecule has 1 amide bonds. The molecule has 1 fully saturated rings. The van der Waals surface area contributed by atoms with E-state index in [-0.39, 0.29) is 34.4 Å². The van der Waals surface area contributed by atoms with Crippen molar-refractivity contribution in [2.45, 2.75) is 68.5 Å². The quantitative estimate of drug-likeness (QED) is 0.443. The van der Waals surface area contributed by atoms with Crippen LogP contribution < -0.4 is 10.2 Å². The minimum Gasteiger partial charge on any atom is -0.497 e. The van der Waals surface area contributed by atoms with Crippen LogP contribution in [0, 0.1) is 11.8 Å². The van der Waals surface area contributed by atoms with Gasteiger partial charge < -0.3 is 9.47 Å². The van der Waals surface area contributed by atoms with E-state index in [4.69, 9.17) is 9.47 Å². The predicted molar refractivity (Wildman–Crippen MR) is 129 cm³/mol. The van der Waals surface area contributed by atoms with E-state index in [0.29, 0.717) is 28.8 Å². The number of benzene rings is 1. The molecule has 0 atom stereocenters. The minimum atomic E-state index is -3.84. The van der Waals surface area contributed by atoms with Crippen molar-refractivity contribution < 1.29 is 27.9 Å². The first-order chi connectivity index (χ1) is 16.7. The Morgan fingerprint density at radius 3 is 2.49 bits per heavy atom. The molecule has 1 aromatic carbocycles. The fraction of sp³-hybridized carbons (Fsp3) is 0.520. The molecular formula is C25H35N3O6S. The Kier molecular flexibility index (Phi) is 9.62. The number of carbonyl (C=O) groups excluding carboxylic acids is 1. The van der Waals surface area contributed by atoms with Gasteiger partial charge in [-0.05, 0) is 79.5 Å². The number of hydroxylamine groups is 1. The largest absolute Gasteiger partial charge is 0.497 e. The van der Waals surface area contributed by atoms with E-state index < -0.39 is 9.84 Å². The molecular weight excluding hydrogens is 470 g/mol. The highest BCUT2D eigenvalue weighted by Gasteiger charge is 2.24.